The van der Waals surface area contributed by atoms with Gasteiger partial charge in [0, 0.05) is 11.6 Å². The lowest BCUT2D eigenvalue weighted by Gasteiger charge is -2.28. The second-order valence-corrected chi connectivity index (χ2v) is 11.2. The zero-order chi connectivity index (χ0) is 28.3. The van der Waals surface area contributed by atoms with Crippen LogP contribution in [0.3, 0.4) is 0 Å². The lowest BCUT2D eigenvalue weighted by molar-refractivity contribution is 0.0429. The van der Waals surface area contributed by atoms with E-state index in [0.717, 1.165) is 11.1 Å². The molecule has 3 rings (SSSR count). The zero-order valence-electron chi connectivity index (χ0n) is 22.4. The number of anilines is 1. The van der Waals surface area contributed by atoms with Gasteiger partial charge in [0.15, 0.2) is 17.3 Å². The summed E-state index contributed by atoms with van der Waals surface area (Å²) in [5.74, 6) is 0.547. The predicted molar refractivity (Wildman–Crippen MR) is 147 cm³/mol. The molecule has 0 saturated heterocycles. The van der Waals surface area contributed by atoms with Crippen molar-refractivity contribution in [2.45, 2.75) is 66.2 Å². The van der Waals surface area contributed by atoms with Crippen LogP contribution in [0.1, 0.15) is 54.0 Å². The molecule has 0 aliphatic rings. The highest BCUT2D eigenvalue weighted by Crippen LogP contribution is 2.33. The number of hydrogen-bond donors (Lipinski definition) is 1. The van der Waals surface area contributed by atoms with Crippen LogP contribution in [-0.2, 0) is 16.0 Å². The van der Waals surface area contributed by atoms with Crippen LogP contribution in [-0.4, -0.2) is 44.3 Å². The summed E-state index contributed by atoms with van der Waals surface area (Å²) in [6.07, 6.45) is -0.604. The molecule has 0 aliphatic heterocycles. The molecule has 12 heteroatoms. The Morgan fingerprint density at radius 3 is 2.16 bits per heavy atom. The number of rotatable bonds is 5. The first kappa shape index (κ1) is 28.8. The van der Waals surface area contributed by atoms with Crippen LogP contribution in [0.5, 0.6) is 0 Å². The van der Waals surface area contributed by atoms with Gasteiger partial charge in [-0.2, -0.15) is 4.90 Å². The van der Waals surface area contributed by atoms with Crippen LogP contribution in [0.15, 0.2) is 50.6 Å². The molecule has 38 heavy (non-hydrogen) atoms. The average Bonchev–Trinajstić information content (AvgIpc) is 3.27. The summed E-state index contributed by atoms with van der Waals surface area (Å²) in [5, 5.41) is 4.15. The number of aliphatic imine (C=N–C) groups is 1. The molecule has 0 spiro atoms. The quantitative estimate of drug-likeness (QED) is 0.276. The average molecular weight is 587 g/mol. The SMILES string of the molecule is CC(N)=NCc1ccc(-c2cc(-c3nc(Br)cnc3N(C(=O)OC(C)(C)C)C(=O)OC(C)(C)C)on2)cc1. The maximum atomic E-state index is 13.2. The maximum absolute atomic E-state index is 13.2. The summed E-state index contributed by atoms with van der Waals surface area (Å²) in [6.45, 7) is 12.3. The summed E-state index contributed by atoms with van der Waals surface area (Å²) >= 11 is 3.29. The molecule has 0 atom stereocenters. The third-order valence-electron chi connectivity index (χ3n) is 4.59. The second kappa shape index (κ2) is 11.3. The van der Waals surface area contributed by atoms with E-state index >= 15 is 0 Å². The van der Waals surface area contributed by atoms with Gasteiger partial charge in [0.1, 0.15) is 21.5 Å². The molecule has 202 valence electrons. The van der Waals surface area contributed by atoms with Gasteiger partial charge in [0.2, 0.25) is 0 Å². The summed E-state index contributed by atoms with van der Waals surface area (Å²) in [5.41, 5.74) is 6.19. The largest absolute Gasteiger partial charge is 0.443 e. The van der Waals surface area contributed by atoms with Crippen molar-refractivity contribution in [3.63, 3.8) is 0 Å². The van der Waals surface area contributed by atoms with E-state index < -0.39 is 23.4 Å². The molecule has 1 aromatic carbocycles. The predicted octanol–water partition coefficient (Wildman–Crippen LogP) is 6.11. The van der Waals surface area contributed by atoms with Crippen molar-refractivity contribution in [2.24, 2.45) is 10.7 Å². The molecule has 2 N–H and O–H groups in total. The second-order valence-electron chi connectivity index (χ2n) is 10.4. The van der Waals surface area contributed by atoms with E-state index in [9.17, 15) is 9.59 Å². The van der Waals surface area contributed by atoms with Gasteiger partial charge >= 0.3 is 12.2 Å². The van der Waals surface area contributed by atoms with Gasteiger partial charge in [-0.1, -0.05) is 29.4 Å². The number of imide groups is 1. The fourth-order valence-corrected chi connectivity index (χ4v) is 3.35. The topological polar surface area (TPSA) is 146 Å². The minimum atomic E-state index is -0.977. The Morgan fingerprint density at radius 1 is 1.05 bits per heavy atom. The number of nitrogens with two attached hydrogens (primary N) is 1. The number of carbonyl (C=O) groups is 2. The smallest absolute Gasteiger partial charge is 0.425 e. The number of carbonyl (C=O) groups excluding carboxylic acids is 2. The highest BCUT2D eigenvalue weighted by molar-refractivity contribution is 9.10. The molecule has 0 aliphatic carbocycles. The van der Waals surface area contributed by atoms with Crippen LogP contribution in [0.25, 0.3) is 22.7 Å². The van der Waals surface area contributed by atoms with Crippen LogP contribution in [0.4, 0.5) is 15.4 Å². The number of amidine groups is 1. The molecule has 0 saturated carbocycles. The summed E-state index contributed by atoms with van der Waals surface area (Å²) in [4.78, 5) is 40.0. The first-order valence-corrected chi connectivity index (χ1v) is 12.5. The summed E-state index contributed by atoms with van der Waals surface area (Å²) < 4.78 is 16.9. The monoisotopic (exact) mass is 586 g/mol. The Morgan fingerprint density at radius 2 is 1.63 bits per heavy atom. The van der Waals surface area contributed by atoms with Crippen molar-refractivity contribution >= 4 is 39.8 Å². The number of benzene rings is 1. The third kappa shape index (κ3) is 7.85. The number of hydrogen-bond acceptors (Lipinski definition) is 9. The molecule has 0 radical (unpaired) electrons. The van der Waals surface area contributed by atoms with Crippen molar-refractivity contribution in [3.8, 4) is 22.7 Å². The third-order valence-corrected chi connectivity index (χ3v) is 4.97. The Hall–Kier alpha value is -3.80. The minimum Gasteiger partial charge on any atom is -0.443 e. The first-order valence-electron chi connectivity index (χ1n) is 11.7. The molecular weight excluding hydrogens is 556 g/mol. The van der Waals surface area contributed by atoms with E-state index in [0.29, 0.717) is 27.6 Å². The Balaban J connectivity index is 2.03. The van der Waals surface area contributed by atoms with Crippen LogP contribution < -0.4 is 10.6 Å². The van der Waals surface area contributed by atoms with Gasteiger partial charge in [-0.05, 0) is 70.0 Å². The highest BCUT2D eigenvalue weighted by Gasteiger charge is 2.36. The zero-order valence-corrected chi connectivity index (χ0v) is 24.0. The van der Waals surface area contributed by atoms with E-state index in [4.69, 9.17) is 19.7 Å². The fraction of sp³-hybridized carbons (Fsp3) is 0.385. The molecule has 2 heterocycles. The molecule has 2 amide bonds. The van der Waals surface area contributed by atoms with E-state index in [1.54, 1.807) is 54.5 Å². The minimum absolute atomic E-state index is 0.0826. The normalized spacial score (nSPS) is 12.3. The Bertz CT molecular complexity index is 1310. The van der Waals surface area contributed by atoms with Crippen LogP contribution in [0, 0.1) is 0 Å². The van der Waals surface area contributed by atoms with Gasteiger partial charge in [0.25, 0.3) is 0 Å². The van der Waals surface area contributed by atoms with Crippen molar-refractivity contribution < 1.29 is 23.6 Å². The molecule has 3 aromatic rings. The van der Waals surface area contributed by atoms with Gasteiger partial charge in [-0.25, -0.2) is 19.6 Å². The number of aromatic nitrogens is 3. The van der Waals surface area contributed by atoms with Crippen molar-refractivity contribution in [3.05, 3.63) is 46.7 Å². The lowest BCUT2D eigenvalue weighted by atomic mass is 10.1. The van der Waals surface area contributed by atoms with E-state index in [-0.39, 0.29) is 17.3 Å². The number of amides is 2. The molecule has 0 fully saturated rings. The fourth-order valence-electron chi connectivity index (χ4n) is 3.07. The summed E-state index contributed by atoms with van der Waals surface area (Å²) in [7, 11) is 0. The van der Waals surface area contributed by atoms with Crippen LogP contribution in [0.2, 0.25) is 0 Å². The van der Waals surface area contributed by atoms with Gasteiger partial charge in [0.05, 0.1) is 18.6 Å². The van der Waals surface area contributed by atoms with E-state index in [1.807, 2.05) is 24.3 Å². The van der Waals surface area contributed by atoms with Gasteiger partial charge < -0.3 is 19.7 Å². The summed E-state index contributed by atoms with van der Waals surface area (Å²) in [6, 6.07) is 9.21. The molecule has 0 bridgehead atoms. The Kier molecular flexibility index (Phi) is 8.55. The number of halogens is 1. The molecule has 0 unspecified atom stereocenters. The molecular formula is C26H31BrN6O5. The van der Waals surface area contributed by atoms with E-state index in [1.165, 1.54) is 6.20 Å². The lowest BCUT2D eigenvalue weighted by Crippen LogP contribution is -2.44. The van der Waals surface area contributed by atoms with Gasteiger partial charge in [-0.15, -0.1) is 0 Å². The van der Waals surface area contributed by atoms with Gasteiger partial charge in [-0.3, -0.25) is 4.99 Å². The van der Waals surface area contributed by atoms with Crippen molar-refractivity contribution in [1.82, 2.24) is 15.1 Å². The van der Waals surface area contributed by atoms with Crippen molar-refractivity contribution in [1.29, 1.82) is 0 Å². The standard InChI is InChI=1S/C26H31BrN6O5/c1-15(28)29-13-16-8-10-17(11-9-16)18-12-19(38-32-18)21-22(30-14-20(27)31-21)33(23(34)36-25(2,3)4)24(35)37-26(5,6)7/h8-12,14H,13H2,1-7H3,(H2,28,29). The molecule has 2 aromatic heterocycles. The van der Waals surface area contributed by atoms with E-state index in [2.05, 4.69) is 36.0 Å². The maximum Gasteiger partial charge on any atom is 0.425 e. The number of nitrogens with zero attached hydrogens (tertiary/aromatic N) is 5. The highest BCUT2D eigenvalue weighted by atomic mass is 79.9. The van der Waals surface area contributed by atoms with Crippen LogP contribution >= 0.6 is 15.9 Å². The number of ether oxygens (including phenoxy) is 2. The molecule has 11 nitrogen and oxygen atoms in total. The van der Waals surface area contributed by atoms with Crippen molar-refractivity contribution in [2.75, 3.05) is 4.90 Å². The first-order chi connectivity index (χ1) is 17.6. The Labute approximate surface area is 229 Å².